The van der Waals surface area contributed by atoms with Crippen molar-refractivity contribution in [2.75, 3.05) is 39.0 Å². The van der Waals surface area contributed by atoms with Crippen LogP contribution < -0.4 is 24.8 Å². The number of carboxylic acids is 1. The maximum atomic E-state index is 13.9. The number of ether oxygens (including phenoxy) is 2. The number of fused-ring (bicyclic) bond motifs is 5. The Morgan fingerprint density at radius 1 is 0.455 bits per heavy atom. The fourth-order valence-electron chi connectivity index (χ4n) is 10.6. The van der Waals surface area contributed by atoms with E-state index >= 15 is 0 Å². The van der Waals surface area contributed by atoms with Crippen molar-refractivity contribution >= 4 is 264 Å². The van der Waals surface area contributed by atoms with Crippen LogP contribution in [-0.4, -0.2) is 87.4 Å². The van der Waals surface area contributed by atoms with E-state index in [1.165, 1.54) is 96.8 Å². The highest BCUT2D eigenvalue weighted by Gasteiger charge is 2.38. The van der Waals surface area contributed by atoms with Crippen LogP contribution in [0.15, 0.2) is 222 Å². The number of nitrogens with one attached hydrogen (secondary N) is 1. The van der Waals surface area contributed by atoms with E-state index in [0.717, 1.165) is 105 Å². The molecular weight excluding hydrogens is 1900 g/mol. The summed E-state index contributed by atoms with van der Waals surface area (Å²) in [7, 11) is -10.6. The molecule has 15 aromatic rings. The van der Waals surface area contributed by atoms with Crippen molar-refractivity contribution in [3.05, 3.63) is 278 Å². The predicted molar refractivity (Wildman–Crippen MR) is 471 cm³/mol. The minimum atomic E-state index is -5.00. The van der Waals surface area contributed by atoms with Crippen molar-refractivity contribution in [1.82, 2.24) is 24.9 Å². The molecule has 0 saturated carbocycles. The van der Waals surface area contributed by atoms with Crippen molar-refractivity contribution in [2.45, 2.75) is 55.0 Å². The zero-order valence-corrected chi connectivity index (χ0v) is 71.8. The molecule has 640 valence electrons. The number of nitrogens with zero attached hydrogens (tertiary/aromatic N) is 7. The second-order valence-corrected chi connectivity index (χ2v) is 35.5. The molecule has 0 fully saturated rings. The van der Waals surface area contributed by atoms with E-state index in [2.05, 4.69) is 39.1 Å². The molecule has 0 amide bonds. The molecule has 121 heavy (non-hydrogen) atoms. The van der Waals surface area contributed by atoms with Gasteiger partial charge in [-0.05, 0) is 151 Å². The molecule has 5 aromatic carbocycles. The number of nitrogen functional groups attached to an aromatic ring is 2. The summed E-state index contributed by atoms with van der Waals surface area (Å²) >= 11 is 30.9. The van der Waals surface area contributed by atoms with Gasteiger partial charge in [0.25, 0.3) is 30.1 Å². The van der Waals surface area contributed by atoms with E-state index in [4.69, 9.17) is 57.9 Å². The van der Waals surface area contributed by atoms with E-state index in [0.29, 0.717) is 64.9 Å². The minimum Gasteiger partial charge on any atom is -0.478 e. The summed E-state index contributed by atoms with van der Waals surface area (Å²) < 4.78 is 201. The molecule has 0 spiro atoms. The third-order valence-corrected chi connectivity index (χ3v) is 28.3. The first kappa shape index (κ1) is 100. The first-order chi connectivity index (χ1) is 54.9. The van der Waals surface area contributed by atoms with Crippen LogP contribution in [0.5, 0.6) is 0 Å². The highest BCUT2D eigenvalue weighted by Crippen LogP contribution is 2.47. The number of hydrogen-bond donors (Lipinski definition) is 4. The summed E-state index contributed by atoms with van der Waals surface area (Å²) in [4.78, 5) is 58.1. The standard InChI is InChI=1S/C23H15ClF4N2O4S2.C22H13ClF4N2O4S2.C15H11ClN2O4S2.C7H5ClN2S.C7H6N2S.2CH4.3ClH/c1-34-22(31)14-4-2-5-15(11-14)36(32,33)30(21-19(24)16-6-3-9-29-20(16)35-21)12-13-7-8-18(25)17(10-13)23(26,27)28;23-18-15-5-2-8-28-19(15)34-20(18)29(11-12-6-7-17(24)16(9-12)22(25,26)27)35(32,33)14-4-1-3-13(10-14)21(30)31;1-22-15(19)9-4-2-5-10(8-9)24(20,21)18-14-12(16)11-6-3-7-17-13(11)23-14;8-5-4-2-1-3-10-7(4)11-6(5)9;8-6-4-5-2-1-3-9-7(5)10-6;;;;;/h2-11H,12H2,1H3;1-10H,11H2,(H,30,31);2-8,18H,1H3;1-3H,9H2;1-4H,8H2;2*1H4;3*1H. The van der Waals surface area contributed by atoms with Crippen LogP contribution in [0.4, 0.5) is 60.1 Å². The molecule has 0 radical (unpaired) electrons. The van der Waals surface area contributed by atoms with Gasteiger partial charge in [0.1, 0.15) is 55.8 Å². The van der Waals surface area contributed by atoms with E-state index < -0.39 is 101 Å². The van der Waals surface area contributed by atoms with Gasteiger partial charge >= 0.3 is 30.3 Å². The van der Waals surface area contributed by atoms with Gasteiger partial charge in [-0.15, -0.1) is 37.2 Å². The number of carbonyl (C=O) groups excluding carboxylic acids is 2. The number of methoxy groups -OCH3 is 2. The number of aromatic nitrogens is 5. The van der Waals surface area contributed by atoms with E-state index in [1.807, 2.05) is 30.3 Å². The lowest BCUT2D eigenvalue weighted by atomic mass is 10.1. The lowest BCUT2D eigenvalue weighted by Gasteiger charge is -2.24. The molecule has 0 aliphatic carbocycles. The third kappa shape index (κ3) is 23.2. The molecule has 0 unspecified atom stereocenters. The number of halogens is 15. The number of pyridine rings is 5. The SMILES string of the molecule is C.C.COC(=O)c1cccc(S(=O)(=O)N(Cc2ccc(F)c(C(F)(F)F)c2)c2sc3ncccc3c2Cl)c1.COC(=O)c1cccc(S(=O)(=O)Nc2sc3ncccc3c2Cl)c1.Cl.Cl.Cl.Nc1cc2cccnc2s1.Nc1sc2ncccc2c1Cl.O=C(O)c1cccc(S(=O)(=O)N(Cc2ccc(F)c(C(F)(F)F)c2)c2sc3ncccc3c2Cl)c1. The molecule has 0 atom stereocenters. The highest BCUT2D eigenvalue weighted by molar-refractivity contribution is 7.93. The number of nitrogens with two attached hydrogens (primary N) is 2. The van der Waals surface area contributed by atoms with Gasteiger partial charge < -0.3 is 26.0 Å². The molecule has 22 nitrogen and oxygen atoms in total. The number of sulfonamides is 3. The normalized spacial score (nSPS) is 11.2. The Morgan fingerprint density at radius 3 is 1.21 bits per heavy atom. The highest BCUT2D eigenvalue weighted by atomic mass is 35.5. The summed E-state index contributed by atoms with van der Waals surface area (Å²) in [6.45, 7) is -1.25. The summed E-state index contributed by atoms with van der Waals surface area (Å²) in [5, 5.41) is 15.5. The fourth-order valence-corrected chi connectivity index (χ4v) is 21.6. The van der Waals surface area contributed by atoms with Gasteiger partial charge in [0.15, 0.2) is 0 Å². The van der Waals surface area contributed by atoms with Crippen molar-refractivity contribution in [3.8, 4) is 0 Å². The number of carbonyl (C=O) groups is 3. The molecule has 15 rings (SSSR count). The number of thiophene rings is 5. The largest absolute Gasteiger partial charge is 0.478 e. The number of rotatable bonds is 16. The Bertz CT molecular complexity index is 6600. The smallest absolute Gasteiger partial charge is 0.419 e. The van der Waals surface area contributed by atoms with Gasteiger partial charge in [-0.3, -0.25) is 13.3 Å². The summed E-state index contributed by atoms with van der Waals surface area (Å²) in [5.74, 6) is -5.76. The number of anilines is 5. The van der Waals surface area contributed by atoms with Crippen molar-refractivity contribution in [2.24, 2.45) is 0 Å². The Kier molecular flexibility index (Phi) is 34.8. The van der Waals surface area contributed by atoms with Gasteiger partial charge in [0, 0.05) is 57.9 Å². The van der Waals surface area contributed by atoms with Crippen LogP contribution in [0.3, 0.4) is 0 Å². The molecule has 6 N–H and O–H groups in total. The summed E-state index contributed by atoms with van der Waals surface area (Å²) in [6.07, 6.45) is -1.94. The second kappa shape index (κ2) is 42.0. The van der Waals surface area contributed by atoms with Crippen molar-refractivity contribution in [3.63, 3.8) is 0 Å². The third-order valence-electron chi connectivity index (χ3n) is 16.0. The molecule has 0 aliphatic heterocycles. The Balaban J connectivity index is 0.000000248. The molecule has 0 aliphatic rings. The lowest BCUT2D eigenvalue weighted by Crippen LogP contribution is -2.30. The zero-order valence-electron chi connectivity index (χ0n) is 59.8. The second-order valence-electron chi connectivity index (χ2n) is 23.6. The Labute approximate surface area is 743 Å². The van der Waals surface area contributed by atoms with Crippen molar-refractivity contribution < 1.29 is 89.3 Å². The Morgan fingerprint density at radius 2 is 0.818 bits per heavy atom. The monoisotopic (exact) mass is 1960 g/mol. The number of hydrogen-bond acceptors (Lipinski definition) is 23. The molecular formula is C76H61Cl7F8N10O12S8. The topological polar surface area (TPSA) is 327 Å². The van der Waals surface area contributed by atoms with E-state index in [-0.39, 0.29) is 120 Å². The van der Waals surface area contributed by atoms with E-state index in [9.17, 15) is 79.9 Å². The van der Waals surface area contributed by atoms with Gasteiger partial charge in [-0.1, -0.05) is 154 Å². The van der Waals surface area contributed by atoms with Gasteiger partial charge in [0.05, 0.1) is 94.9 Å². The first-order valence-corrected chi connectivity index (χ1v) is 42.3. The van der Waals surface area contributed by atoms with Crippen LogP contribution >= 0.6 is 140 Å². The maximum Gasteiger partial charge on any atom is 0.419 e. The molecule has 0 saturated heterocycles. The average molecular weight is 1960 g/mol. The van der Waals surface area contributed by atoms with Crippen molar-refractivity contribution in [1.29, 1.82) is 0 Å². The molecule has 0 bridgehead atoms. The quantitative estimate of drug-likeness (QED) is 0.0516. The van der Waals surface area contributed by atoms with Gasteiger partial charge in [-0.25, -0.2) is 73.3 Å². The van der Waals surface area contributed by atoms with E-state index in [1.54, 1.807) is 55.0 Å². The van der Waals surface area contributed by atoms with Crippen LogP contribution in [0.1, 0.15) is 68.2 Å². The predicted octanol–water partition coefficient (Wildman–Crippen LogP) is 23.0. The molecule has 45 heteroatoms. The summed E-state index contributed by atoms with van der Waals surface area (Å²) in [6, 6.07) is 38.9. The first-order valence-electron chi connectivity index (χ1n) is 32.4. The number of carboxylic acid groups (broad SMARTS) is 1. The number of esters is 2. The summed E-state index contributed by atoms with van der Waals surface area (Å²) in [5.41, 5.74) is 7.56. The fraction of sp³-hybridized carbons (Fsp3) is 0.105. The maximum absolute atomic E-state index is 13.9. The number of alkyl halides is 6. The molecule has 10 heterocycles. The Hall–Kier alpha value is -9.62. The zero-order chi connectivity index (χ0) is 83.9. The molecule has 10 aromatic heterocycles. The minimum absolute atomic E-state index is 0. The number of benzene rings is 5. The number of aromatic carboxylic acids is 1. The van der Waals surface area contributed by atoms with Crippen LogP contribution in [0.2, 0.25) is 20.1 Å². The van der Waals surface area contributed by atoms with Gasteiger partial charge in [0.2, 0.25) is 0 Å². The van der Waals surface area contributed by atoms with Crippen LogP contribution in [-0.2, 0) is 65.0 Å². The van der Waals surface area contributed by atoms with Gasteiger partial charge in [-0.2, -0.15) is 26.3 Å². The van der Waals surface area contributed by atoms with Crippen LogP contribution in [0.25, 0.3) is 51.1 Å². The average Bonchev–Trinajstić information content (AvgIpc) is 1.67. The van der Waals surface area contributed by atoms with Crippen LogP contribution in [0, 0.1) is 11.6 Å². The lowest BCUT2D eigenvalue weighted by molar-refractivity contribution is -0.140.